The second-order valence-corrected chi connectivity index (χ2v) is 8.21. The van der Waals surface area contributed by atoms with Crippen LogP contribution in [0, 0.1) is 5.92 Å². The van der Waals surface area contributed by atoms with Gasteiger partial charge in [0.15, 0.2) is 5.16 Å². The number of carbonyl (C=O) groups excluding carboxylic acids is 2. The molecule has 0 fully saturated rings. The summed E-state index contributed by atoms with van der Waals surface area (Å²) in [6.07, 6.45) is -0.768. The predicted octanol–water partition coefficient (Wildman–Crippen LogP) is 1.82. The number of methoxy groups -OCH3 is 1. The summed E-state index contributed by atoms with van der Waals surface area (Å²) in [5, 5.41) is 13.3. The quantitative estimate of drug-likeness (QED) is 0.380. The molecule has 2 aromatic rings. The Bertz CT molecular complexity index is 955. The molecular formula is C20H27N3O5S. The molecule has 0 saturated carbocycles. The lowest BCUT2D eigenvalue weighted by Crippen LogP contribution is -2.37. The van der Waals surface area contributed by atoms with Gasteiger partial charge in [0.05, 0.1) is 42.0 Å². The average molecular weight is 422 g/mol. The first-order chi connectivity index (χ1) is 13.6. The Hall–Kier alpha value is -2.39. The van der Waals surface area contributed by atoms with E-state index in [4.69, 9.17) is 4.74 Å². The van der Waals surface area contributed by atoms with E-state index in [0.717, 1.165) is 11.8 Å². The van der Waals surface area contributed by atoms with Crippen LogP contribution in [-0.2, 0) is 16.1 Å². The number of nitrogens with one attached hydrogen (secondary N) is 1. The Balaban J connectivity index is 2.40. The Morgan fingerprint density at radius 3 is 2.55 bits per heavy atom. The molecule has 2 rings (SSSR count). The van der Waals surface area contributed by atoms with Crippen LogP contribution >= 0.6 is 11.8 Å². The zero-order valence-corrected chi connectivity index (χ0v) is 18.1. The van der Waals surface area contributed by atoms with Gasteiger partial charge in [-0.05, 0) is 38.0 Å². The maximum absolute atomic E-state index is 12.9. The zero-order valence-electron chi connectivity index (χ0n) is 17.3. The van der Waals surface area contributed by atoms with E-state index in [1.807, 2.05) is 20.8 Å². The third-order valence-corrected chi connectivity index (χ3v) is 5.49. The highest BCUT2D eigenvalue weighted by atomic mass is 32.2. The lowest BCUT2D eigenvalue weighted by atomic mass is 10.1. The fourth-order valence-electron chi connectivity index (χ4n) is 2.57. The van der Waals surface area contributed by atoms with Crippen molar-refractivity contribution >= 4 is 34.5 Å². The number of esters is 1. The summed E-state index contributed by atoms with van der Waals surface area (Å²) in [5.41, 5.74) is 0.267. The van der Waals surface area contributed by atoms with E-state index in [9.17, 15) is 19.5 Å². The van der Waals surface area contributed by atoms with Gasteiger partial charge in [0.2, 0.25) is 5.91 Å². The van der Waals surface area contributed by atoms with Gasteiger partial charge < -0.3 is 15.2 Å². The fourth-order valence-corrected chi connectivity index (χ4v) is 3.39. The van der Waals surface area contributed by atoms with Crippen LogP contribution in [0.3, 0.4) is 0 Å². The summed E-state index contributed by atoms with van der Waals surface area (Å²) in [4.78, 5) is 41.4. The number of hydrogen-bond donors (Lipinski definition) is 2. The zero-order chi connectivity index (χ0) is 21.7. The molecule has 0 aliphatic carbocycles. The molecule has 0 spiro atoms. The van der Waals surface area contributed by atoms with Crippen LogP contribution < -0.4 is 10.9 Å². The Labute approximate surface area is 173 Å². The number of aliphatic hydroxyl groups excluding tert-OH is 1. The van der Waals surface area contributed by atoms with Gasteiger partial charge in [-0.1, -0.05) is 25.6 Å². The van der Waals surface area contributed by atoms with Crippen molar-refractivity contribution in [3.8, 4) is 0 Å². The summed E-state index contributed by atoms with van der Waals surface area (Å²) in [6, 6.07) is 4.52. The summed E-state index contributed by atoms with van der Waals surface area (Å²) < 4.78 is 6.07. The van der Waals surface area contributed by atoms with Gasteiger partial charge in [-0.15, -0.1) is 0 Å². The van der Waals surface area contributed by atoms with Crippen molar-refractivity contribution < 1.29 is 19.4 Å². The number of thioether (sulfide) groups is 1. The smallest absolute Gasteiger partial charge is 0.337 e. The second-order valence-electron chi connectivity index (χ2n) is 7.27. The number of aliphatic hydroxyl groups is 1. The number of benzene rings is 1. The third kappa shape index (κ3) is 5.80. The molecule has 2 N–H and O–H groups in total. The minimum atomic E-state index is -0.768. The van der Waals surface area contributed by atoms with E-state index in [1.165, 1.54) is 29.9 Å². The second kappa shape index (κ2) is 9.89. The van der Waals surface area contributed by atoms with Gasteiger partial charge in [-0.3, -0.25) is 14.2 Å². The van der Waals surface area contributed by atoms with Crippen LogP contribution in [0.1, 0.15) is 38.1 Å². The van der Waals surface area contributed by atoms with Crippen molar-refractivity contribution in [3.63, 3.8) is 0 Å². The molecule has 8 nitrogen and oxygen atoms in total. The number of carbonyl (C=O) groups is 2. The molecule has 9 heteroatoms. The van der Waals surface area contributed by atoms with Crippen molar-refractivity contribution in [3.05, 3.63) is 34.1 Å². The SMILES string of the molecule is COC(=O)c1ccc2c(=O)n(C[C@H](C)O)c(SCC(=O)N[C@@H](C)C(C)C)nc2c1. The van der Waals surface area contributed by atoms with Crippen LogP contribution in [0.5, 0.6) is 0 Å². The number of amides is 1. The minimum Gasteiger partial charge on any atom is -0.465 e. The lowest BCUT2D eigenvalue weighted by molar-refractivity contribution is -0.119. The molecule has 0 aliphatic rings. The first-order valence-corrected chi connectivity index (χ1v) is 10.4. The largest absolute Gasteiger partial charge is 0.465 e. The topological polar surface area (TPSA) is 111 Å². The Morgan fingerprint density at radius 1 is 1.28 bits per heavy atom. The molecular weight excluding hydrogens is 394 g/mol. The van der Waals surface area contributed by atoms with E-state index in [-0.39, 0.29) is 35.4 Å². The molecule has 0 radical (unpaired) electrons. The number of aromatic nitrogens is 2. The van der Waals surface area contributed by atoms with Crippen LogP contribution in [-0.4, -0.2) is 51.5 Å². The van der Waals surface area contributed by atoms with E-state index in [0.29, 0.717) is 22.0 Å². The van der Waals surface area contributed by atoms with Crippen LogP contribution in [0.15, 0.2) is 28.2 Å². The fraction of sp³-hybridized carbons (Fsp3) is 0.500. The first-order valence-electron chi connectivity index (χ1n) is 9.37. The monoisotopic (exact) mass is 421 g/mol. The lowest BCUT2D eigenvalue weighted by Gasteiger charge is -2.18. The van der Waals surface area contributed by atoms with Crippen molar-refractivity contribution in [2.75, 3.05) is 12.9 Å². The van der Waals surface area contributed by atoms with E-state index < -0.39 is 12.1 Å². The van der Waals surface area contributed by atoms with Gasteiger partial charge in [-0.25, -0.2) is 9.78 Å². The van der Waals surface area contributed by atoms with Crippen molar-refractivity contribution in [1.82, 2.24) is 14.9 Å². The number of nitrogens with zero attached hydrogens (tertiary/aromatic N) is 2. The van der Waals surface area contributed by atoms with Crippen molar-refractivity contribution in [1.29, 1.82) is 0 Å². The summed E-state index contributed by atoms with van der Waals surface area (Å²) in [6.45, 7) is 7.58. The Kier molecular flexibility index (Phi) is 7.80. The number of fused-ring (bicyclic) bond motifs is 1. The summed E-state index contributed by atoms with van der Waals surface area (Å²) in [5.74, 6) is -0.325. The minimum absolute atomic E-state index is 0.0231. The van der Waals surface area contributed by atoms with Gasteiger partial charge in [0, 0.05) is 6.04 Å². The molecule has 1 aromatic carbocycles. The normalized spacial score (nSPS) is 13.3. The highest BCUT2D eigenvalue weighted by molar-refractivity contribution is 7.99. The highest BCUT2D eigenvalue weighted by Crippen LogP contribution is 2.20. The maximum Gasteiger partial charge on any atom is 0.337 e. The molecule has 0 saturated heterocycles. The molecule has 0 unspecified atom stereocenters. The van der Waals surface area contributed by atoms with E-state index >= 15 is 0 Å². The molecule has 158 valence electrons. The third-order valence-electron chi connectivity index (χ3n) is 4.51. The van der Waals surface area contributed by atoms with Gasteiger partial charge >= 0.3 is 5.97 Å². The molecule has 1 aromatic heterocycles. The number of ether oxygens (including phenoxy) is 1. The average Bonchev–Trinajstić information content (AvgIpc) is 2.67. The summed E-state index contributed by atoms with van der Waals surface area (Å²) >= 11 is 1.11. The van der Waals surface area contributed by atoms with Crippen LogP contribution in [0.2, 0.25) is 0 Å². The van der Waals surface area contributed by atoms with Crippen molar-refractivity contribution in [2.45, 2.75) is 51.5 Å². The summed E-state index contributed by atoms with van der Waals surface area (Å²) in [7, 11) is 1.28. The van der Waals surface area contributed by atoms with Gasteiger partial charge in [0.1, 0.15) is 0 Å². The molecule has 1 heterocycles. The number of hydrogen-bond acceptors (Lipinski definition) is 7. The standard InChI is InChI=1S/C20H27N3O5S/c1-11(2)13(4)21-17(25)10-29-20-22-16-8-14(19(27)28-5)6-7-15(16)18(26)23(20)9-12(3)24/h6-8,11-13,24H,9-10H2,1-5H3,(H,21,25)/t12-,13-/m0/s1. The molecule has 2 atom stereocenters. The Morgan fingerprint density at radius 2 is 1.97 bits per heavy atom. The van der Waals surface area contributed by atoms with E-state index in [2.05, 4.69) is 10.3 Å². The van der Waals surface area contributed by atoms with Crippen LogP contribution in [0.25, 0.3) is 10.9 Å². The molecule has 1 amide bonds. The number of rotatable bonds is 8. The molecule has 0 aliphatic heterocycles. The van der Waals surface area contributed by atoms with Crippen molar-refractivity contribution in [2.24, 2.45) is 5.92 Å². The van der Waals surface area contributed by atoms with Gasteiger partial charge in [-0.2, -0.15) is 0 Å². The van der Waals surface area contributed by atoms with E-state index in [1.54, 1.807) is 6.92 Å². The van der Waals surface area contributed by atoms with Crippen LogP contribution in [0.4, 0.5) is 0 Å². The molecule has 0 bridgehead atoms. The predicted molar refractivity (Wildman–Crippen MR) is 112 cm³/mol. The molecule has 29 heavy (non-hydrogen) atoms. The van der Waals surface area contributed by atoms with Gasteiger partial charge in [0.25, 0.3) is 5.56 Å². The first kappa shape index (κ1) is 22.9. The maximum atomic E-state index is 12.9. The highest BCUT2D eigenvalue weighted by Gasteiger charge is 2.17.